The van der Waals surface area contributed by atoms with Crippen LogP contribution in [-0.4, -0.2) is 18.2 Å². The highest BCUT2D eigenvalue weighted by Gasteiger charge is 2.37. The number of hydrogen-bond donors (Lipinski definition) is 0. The summed E-state index contributed by atoms with van der Waals surface area (Å²) >= 11 is 0. The minimum Gasteiger partial charge on any atom is -0.305 e. The second-order valence-corrected chi connectivity index (χ2v) is 4.33. The van der Waals surface area contributed by atoms with Crippen LogP contribution in [0.2, 0.25) is 0 Å². The number of fused-ring (bicyclic) bond motifs is 3. The molecule has 0 unspecified atom stereocenters. The lowest BCUT2D eigenvalue weighted by molar-refractivity contribution is -0.114. The number of rotatable bonds is 1. The summed E-state index contributed by atoms with van der Waals surface area (Å²) in [5.41, 5.74) is 4.03. The molecular formula is C13H13NO2. The van der Waals surface area contributed by atoms with Crippen molar-refractivity contribution in [1.29, 1.82) is 0 Å². The molecule has 3 rings (SSSR count). The van der Waals surface area contributed by atoms with Crippen LogP contribution in [0.15, 0.2) is 12.1 Å². The Labute approximate surface area is 94.1 Å². The summed E-state index contributed by atoms with van der Waals surface area (Å²) in [6.07, 6.45) is 3.20. The van der Waals surface area contributed by atoms with Crippen LogP contribution < -0.4 is 4.90 Å². The summed E-state index contributed by atoms with van der Waals surface area (Å²) in [5.74, 6) is -0.704. The molecule has 3 heteroatoms. The molecule has 1 heterocycles. The number of nitrogens with zero attached hydrogens (tertiary/aromatic N) is 1. The molecule has 1 amide bonds. The summed E-state index contributed by atoms with van der Waals surface area (Å²) < 4.78 is 0. The lowest BCUT2D eigenvalue weighted by Gasteiger charge is -2.17. The van der Waals surface area contributed by atoms with Crippen molar-refractivity contribution >= 4 is 17.4 Å². The predicted molar refractivity (Wildman–Crippen MR) is 60.8 cm³/mol. The van der Waals surface area contributed by atoms with Crippen molar-refractivity contribution in [3.05, 3.63) is 28.8 Å². The van der Waals surface area contributed by atoms with E-state index in [9.17, 15) is 9.59 Å². The number of benzene rings is 1. The maximum Gasteiger partial charge on any atom is 0.299 e. The third-order valence-electron chi connectivity index (χ3n) is 3.52. The topological polar surface area (TPSA) is 37.4 Å². The molecule has 1 aliphatic carbocycles. The van der Waals surface area contributed by atoms with Crippen LogP contribution in [0, 0.1) is 0 Å². The van der Waals surface area contributed by atoms with Crippen molar-refractivity contribution in [3.63, 3.8) is 0 Å². The Kier molecular flexibility index (Phi) is 1.90. The fourth-order valence-corrected chi connectivity index (χ4v) is 2.78. The number of carbonyl (C=O) groups is 2. The highest BCUT2D eigenvalue weighted by Crippen LogP contribution is 2.38. The zero-order chi connectivity index (χ0) is 11.3. The van der Waals surface area contributed by atoms with Gasteiger partial charge >= 0.3 is 0 Å². The number of hydrogen-bond acceptors (Lipinski definition) is 2. The van der Waals surface area contributed by atoms with Gasteiger partial charge in [0.2, 0.25) is 0 Å². The number of ketones is 1. The average molecular weight is 215 g/mol. The molecule has 1 aromatic carbocycles. The number of Topliss-reactive ketones (excluding diaryl/α,β-unsaturated/α-hetero) is 1. The van der Waals surface area contributed by atoms with Crippen molar-refractivity contribution < 1.29 is 9.59 Å². The average Bonchev–Trinajstić information content (AvgIpc) is 2.84. The van der Waals surface area contributed by atoms with E-state index in [2.05, 4.69) is 0 Å². The number of aryl methyl sites for hydroxylation is 1. The lowest BCUT2D eigenvalue weighted by Crippen LogP contribution is -2.29. The molecule has 16 heavy (non-hydrogen) atoms. The van der Waals surface area contributed by atoms with Crippen molar-refractivity contribution in [2.24, 2.45) is 0 Å². The molecule has 3 nitrogen and oxygen atoms in total. The first kappa shape index (κ1) is 9.58. The van der Waals surface area contributed by atoms with Gasteiger partial charge < -0.3 is 4.90 Å². The van der Waals surface area contributed by atoms with E-state index in [-0.39, 0.29) is 11.7 Å². The van der Waals surface area contributed by atoms with Crippen LogP contribution in [0.3, 0.4) is 0 Å². The highest BCUT2D eigenvalue weighted by atomic mass is 16.2. The van der Waals surface area contributed by atoms with E-state index in [0.29, 0.717) is 12.1 Å². The van der Waals surface area contributed by atoms with Gasteiger partial charge in [-0.05, 0) is 43.4 Å². The second kappa shape index (κ2) is 3.17. The molecule has 1 aliphatic heterocycles. The van der Waals surface area contributed by atoms with Crippen LogP contribution in [0.25, 0.3) is 0 Å². The molecule has 0 atom stereocenters. The van der Waals surface area contributed by atoms with Crippen molar-refractivity contribution in [1.82, 2.24) is 0 Å². The van der Waals surface area contributed by atoms with Crippen LogP contribution in [0.5, 0.6) is 0 Å². The summed E-state index contributed by atoms with van der Waals surface area (Å²) in [4.78, 5) is 25.2. The Morgan fingerprint density at radius 1 is 1.25 bits per heavy atom. The first-order valence-corrected chi connectivity index (χ1v) is 5.75. The molecule has 1 aromatic rings. The SMILES string of the molecule is CCN1C(=O)C(=O)c2ccc3c(c21)CCC3. The number of carbonyl (C=O) groups excluding carboxylic acids is 2. The van der Waals surface area contributed by atoms with Crippen molar-refractivity contribution in [2.75, 3.05) is 11.4 Å². The molecule has 0 fully saturated rings. The molecule has 82 valence electrons. The van der Waals surface area contributed by atoms with Gasteiger partial charge in [0, 0.05) is 6.54 Å². The smallest absolute Gasteiger partial charge is 0.299 e. The maximum absolute atomic E-state index is 11.8. The molecule has 0 aromatic heterocycles. The van der Waals surface area contributed by atoms with Crippen molar-refractivity contribution in [3.8, 4) is 0 Å². The molecule has 2 aliphatic rings. The van der Waals surface area contributed by atoms with Crippen LogP contribution >= 0.6 is 0 Å². The number of likely N-dealkylation sites (N-methyl/N-ethyl adjacent to an activating group) is 1. The van der Waals surface area contributed by atoms with E-state index in [0.717, 1.165) is 24.9 Å². The fourth-order valence-electron chi connectivity index (χ4n) is 2.78. The van der Waals surface area contributed by atoms with Crippen LogP contribution in [0.1, 0.15) is 34.8 Å². The first-order valence-electron chi connectivity index (χ1n) is 5.75. The summed E-state index contributed by atoms with van der Waals surface area (Å²) in [6.45, 7) is 2.49. The molecular weight excluding hydrogens is 202 g/mol. The third kappa shape index (κ3) is 1.03. The van der Waals surface area contributed by atoms with Gasteiger partial charge in [-0.3, -0.25) is 9.59 Å². The van der Waals surface area contributed by atoms with E-state index in [1.165, 1.54) is 11.1 Å². The van der Waals surface area contributed by atoms with E-state index in [4.69, 9.17) is 0 Å². The Bertz CT molecular complexity index is 505. The quantitative estimate of drug-likeness (QED) is 0.669. The monoisotopic (exact) mass is 215 g/mol. The van der Waals surface area contributed by atoms with Gasteiger partial charge in [0.15, 0.2) is 0 Å². The summed E-state index contributed by atoms with van der Waals surface area (Å²) in [6, 6.07) is 3.82. The number of amides is 1. The van der Waals surface area contributed by atoms with Crippen LogP contribution in [0.4, 0.5) is 5.69 Å². The van der Waals surface area contributed by atoms with Gasteiger partial charge in [-0.1, -0.05) is 6.07 Å². The molecule has 0 radical (unpaired) electrons. The maximum atomic E-state index is 11.8. The standard InChI is InChI=1S/C13H13NO2/c1-2-14-11-9-5-3-4-8(9)6-7-10(11)12(15)13(14)16/h6-7H,2-5H2,1H3. The Hall–Kier alpha value is -1.64. The highest BCUT2D eigenvalue weighted by molar-refractivity contribution is 6.52. The first-order chi connectivity index (χ1) is 7.74. The van der Waals surface area contributed by atoms with Crippen LogP contribution in [-0.2, 0) is 17.6 Å². The van der Waals surface area contributed by atoms with Gasteiger partial charge in [-0.15, -0.1) is 0 Å². The number of anilines is 1. The second-order valence-electron chi connectivity index (χ2n) is 4.33. The minimum atomic E-state index is -0.363. The largest absolute Gasteiger partial charge is 0.305 e. The fraction of sp³-hybridized carbons (Fsp3) is 0.385. The molecule has 0 spiro atoms. The van der Waals surface area contributed by atoms with E-state index in [1.807, 2.05) is 19.1 Å². The van der Waals surface area contributed by atoms with E-state index < -0.39 is 0 Å². The normalized spacial score (nSPS) is 17.9. The zero-order valence-corrected chi connectivity index (χ0v) is 9.25. The summed E-state index contributed by atoms with van der Waals surface area (Å²) in [5, 5.41) is 0. The van der Waals surface area contributed by atoms with Gasteiger partial charge in [0.25, 0.3) is 11.7 Å². The van der Waals surface area contributed by atoms with Gasteiger partial charge in [0.05, 0.1) is 11.3 Å². The Balaban J connectivity index is 2.27. The molecule has 0 saturated carbocycles. The van der Waals surface area contributed by atoms with E-state index in [1.54, 1.807) is 4.90 Å². The Morgan fingerprint density at radius 2 is 2.06 bits per heavy atom. The lowest BCUT2D eigenvalue weighted by atomic mass is 10.0. The van der Waals surface area contributed by atoms with Gasteiger partial charge in [-0.25, -0.2) is 0 Å². The predicted octanol–water partition coefficient (Wildman–Crippen LogP) is 1.72. The van der Waals surface area contributed by atoms with E-state index >= 15 is 0 Å². The molecule has 0 N–H and O–H groups in total. The molecule has 0 bridgehead atoms. The van der Waals surface area contributed by atoms with Crippen molar-refractivity contribution in [2.45, 2.75) is 26.2 Å². The van der Waals surface area contributed by atoms with Gasteiger partial charge in [-0.2, -0.15) is 0 Å². The van der Waals surface area contributed by atoms with Gasteiger partial charge in [0.1, 0.15) is 0 Å². The molecule has 0 saturated heterocycles. The third-order valence-corrected chi connectivity index (χ3v) is 3.52. The zero-order valence-electron chi connectivity index (χ0n) is 9.25. The minimum absolute atomic E-state index is 0.341. The summed E-state index contributed by atoms with van der Waals surface area (Å²) in [7, 11) is 0. The Morgan fingerprint density at radius 3 is 2.81 bits per heavy atom.